The molecule has 0 saturated carbocycles. The highest BCUT2D eigenvalue weighted by Gasteiger charge is 2.42. The van der Waals surface area contributed by atoms with E-state index in [2.05, 4.69) is 5.32 Å². The minimum atomic E-state index is -0.703. The van der Waals surface area contributed by atoms with Gasteiger partial charge in [0.2, 0.25) is 5.91 Å². The number of halogens is 2. The molecule has 1 N–H and O–H groups in total. The first-order valence-electron chi connectivity index (χ1n) is 9.79. The van der Waals surface area contributed by atoms with E-state index in [9.17, 15) is 4.79 Å². The summed E-state index contributed by atoms with van der Waals surface area (Å²) < 4.78 is 16.9. The molecule has 1 fully saturated rings. The molecule has 2 aliphatic rings. The molecule has 2 aromatic rings. The van der Waals surface area contributed by atoms with Crippen molar-refractivity contribution >= 4 is 29.1 Å². The molecule has 1 amide bonds. The molecule has 0 aliphatic carbocycles. The Morgan fingerprint density at radius 1 is 1.00 bits per heavy atom. The van der Waals surface area contributed by atoms with Gasteiger partial charge in [0.1, 0.15) is 0 Å². The van der Waals surface area contributed by atoms with Gasteiger partial charge < -0.3 is 19.5 Å². The first-order valence-corrected chi connectivity index (χ1v) is 10.5. The van der Waals surface area contributed by atoms with Gasteiger partial charge in [-0.15, -0.1) is 0 Å². The van der Waals surface area contributed by atoms with Crippen molar-refractivity contribution in [2.45, 2.75) is 31.2 Å². The Morgan fingerprint density at radius 2 is 1.76 bits per heavy atom. The van der Waals surface area contributed by atoms with Crippen LogP contribution in [0, 0.1) is 0 Å². The van der Waals surface area contributed by atoms with Crippen LogP contribution in [-0.4, -0.2) is 32.3 Å². The molecule has 4 rings (SSSR count). The van der Waals surface area contributed by atoms with E-state index >= 15 is 0 Å². The highest BCUT2D eigenvalue weighted by molar-refractivity contribution is 6.32. The number of fused-ring (bicyclic) bond motifs is 1. The Balaban J connectivity index is 1.56. The first kappa shape index (κ1) is 20.3. The predicted molar refractivity (Wildman–Crippen MR) is 112 cm³/mol. The summed E-state index contributed by atoms with van der Waals surface area (Å²) in [5, 5.41) is 4.16. The van der Waals surface area contributed by atoms with E-state index in [1.165, 1.54) is 0 Å². The van der Waals surface area contributed by atoms with Gasteiger partial charge in [-0.25, -0.2) is 0 Å². The summed E-state index contributed by atoms with van der Waals surface area (Å²) in [6.07, 6.45) is 1.98. The number of hydrogen-bond acceptors (Lipinski definition) is 4. The Morgan fingerprint density at radius 3 is 2.55 bits per heavy atom. The number of ether oxygens (including phenoxy) is 3. The number of benzene rings is 2. The normalized spacial score (nSPS) is 18.0. The van der Waals surface area contributed by atoms with Gasteiger partial charge in [-0.05, 0) is 42.2 Å². The van der Waals surface area contributed by atoms with Gasteiger partial charge >= 0.3 is 0 Å². The van der Waals surface area contributed by atoms with Crippen LogP contribution in [0.5, 0.6) is 11.5 Å². The largest absolute Gasteiger partial charge is 0.489 e. The third kappa shape index (κ3) is 4.18. The minimum absolute atomic E-state index is 0.0582. The molecule has 0 radical (unpaired) electrons. The summed E-state index contributed by atoms with van der Waals surface area (Å²) in [4.78, 5) is 13.4. The summed E-state index contributed by atoms with van der Waals surface area (Å²) in [5.41, 5.74) is 0.999. The van der Waals surface area contributed by atoms with Gasteiger partial charge in [0.25, 0.3) is 0 Å². The molecule has 0 atom stereocenters. The minimum Gasteiger partial charge on any atom is -0.489 e. The molecule has 1 saturated heterocycles. The van der Waals surface area contributed by atoms with E-state index in [4.69, 9.17) is 37.4 Å². The van der Waals surface area contributed by atoms with Gasteiger partial charge in [-0.3, -0.25) is 4.79 Å². The van der Waals surface area contributed by atoms with Crippen LogP contribution in [0.1, 0.15) is 30.4 Å². The Hall–Kier alpha value is -1.95. The second-order valence-corrected chi connectivity index (χ2v) is 8.13. The van der Waals surface area contributed by atoms with Crippen molar-refractivity contribution in [1.82, 2.24) is 5.32 Å². The smallest absolute Gasteiger partial charge is 0.231 e. The highest BCUT2D eigenvalue weighted by Crippen LogP contribution is 2.40. The Labute approximate surface area is 180 Å². The molecule has 0 spiro atoms. The van der Waals surface area contributed by atoms with Crippen molar-refractivity contribution in [2.24, 2.45) is 0 Å². The van der Waals surface area contributed by atoms with E-state index in [0.717, 1.165) is 17.5 Å². The molecule has 7 heteroatoms. The molecular weight excluding hydrogens is 413 g/mol. The quantitative estimate of drug-likeness (QED) is 0.766. The molecule has 2 aromatic carbocycles. The maximum atomic E-state index is 13.4. The number of nitrogens with one attached hydrogen (secondary N) is 1. The van der Waals surface area contributed by atoms with E-state index in [-0.39, 0.29) is 5.91 Å². The van der Waals surface area contributed by atoms with Gasteiger partial charge in [0, 0.05) is 31.2 Å². The molecule has 0 aromatic heterocycles. The topological polar surface area (TPSA) is 56.8 Å². The number of amides is 1. The number of carbonyl (C=O) groups is 1. The fourth-order valence-corrected chi connectivity index (χ4v) is 4.53. The van der Waals surface area contributed by atoms with Gasteiger partial charge in [-0.2, -0.15) is 0 Å². The number of hydrogen-bond donors (Lipinski definition) is 1. The van der Waals surface area contributed by atoms with Crippen LogP contribution in [0.15, 0.2) is 36.4 Å². The first-order chi connectivity index (χ1) is 14.1. The monoisotopic (exact) mass is 435 g/mol. The van der Waals surface area contributed by atoms with Crippen LogP contribution in [0.4, 0.5) is 0 Å². The molecular formula is C22H23Cl2NO4. The summed E-state index contributed by atoms with van der Waals surface area (Å²) >= 11 is 12.8. The van der Waals surface area contributed by atoms with Crippen LogP contribution in [0.2, 0.25) is 10.0 Å². The van der Waals surface area contributed by atoms with Crippen molar-refractivity contribution in [3.05, 3.63) is 57.6 Å². The van der Waals surface area contributed by atoms with E-state index in [1.807, 2.05) is 36.4 Å². The van der Waals surface area contributed by atoms with Crippen LogP contribution in [0.3, 0.4) is 0 Å². The standard InChI is InChI=1S/C22H23Cl2NO4/c23-17-5-2-1-4-16(17)22(6-10-27-11-7-22)21(26)25-14-15-12-18(24)20-19(13-15)28-8-3-9-29-20/h1-2,4-5,12-13H,3,6-11,14H2,(H,25,26). The van der Waals surface area contributed by atoms with Crippen LogP contribution in [0.25, 0.3) is 0 Å². The zero-order chi connectivity index (χ0) is 20.3. The molecule has 2 aliphatic heterocycles. The van der Waals surface area contributed by atoms with Crippen molar-refractivity contribution in [3.63, 3.8) is 0 Å². The Bertz CT molecular complexity index is 896. The van der Waals surface area contributed by atoms with Crippen LogP contribution in [-0.2, 0) is 21.5 Å². The molecule has 0 unspecified atom stereocenters. The third-order valence-electron chi connectivity index (χ3n) is 5.49. The second kappa shape index (κ2) is 8.82. The van der Waals surface area contributed by atoms with Crippen LogP contribution >= 0.6 is 23.2 Å². The molecule has 2 heterocycles. The second-order valence-electron chi connectivity index (χ2n) is 7.31. The zero-order valence-electron chi connectivity index (χ0n) is 16.0. The summed E-state index contributed by atoms with van der Waals surface area (Å²) in [7, 11) is 0. The van der Waals surface area contributed by atoms with Crippen molar-refractivity contribution in [2.75, 3.05) is 26.4 Å². The van der Waals surface area contributed by atoms with E-state index in [0.29, 0.717) is 67.4 Å². The van der Waals surface area contributed by atoms with Crippen molar-refractivity contribution < 1.29 is 19.0 Å². The third-order valence-corrected chi connectivity index (χ3v) is 6.10. The average molecular weight is 436 g/mol. The molecule has 5 nitrogen and oxygen atoms in total. The van der Waals surface area contributed by atoms with Crippen molar-refractivity contribution in [1.29, 1.82) is 0 Å². The Kier molecular flexibility index (Phi) is 6.18. The molecule has 154 valence electrons. The van der Waals surface area contributed by atoms with E-state index in [1.54, 1.807) is 0 Å². The molecule has 0 bridgehead atoms. The summed E-state index contributed by atoms with van der Waals surface area (Å²) in [6.45, 7) is 2.53. The van der Waals surface area contributed by atoms with Gasteiger partial charge in [0.05, 0.1) is 23.7 Å². The summed E-state index contributed by atoms with van der Waals surface area (Å²) in [6, 6.07) is 11.2. The van der Waals surface area contributed by atoms with Gasteiger partial charge in [-0.1, -0.05) is 41.4 Å². The lowest BCUT2D eigenvalue weighted by molar-refractivity contribution is -0.130. The SMILES string of the molecule is O=C(NCc1cc(Cl)c2c(c1)OCCCO2)C1(c2ccccc2Cl)CCOCC1. The average Bonchev–Trinajstić information content (AvgIpc) is 2.99. The maximum Gasteiger partial charge on any atom is 0.231 e. The maximum absolute atomic E-state index is 13.4. The van der Waals surface area contributed by atoms with Crippen LogP contribution < -0.4 is 14.8 Å². The molecule has 29 heavy (non-hydrogen) atoms. The lowest BCUT2D eigenvalue weighted by atomic mass is 9.73. The fourth-order valence-electron chi connectivity index (χ4n) is 3.93. The number of carbonyl (C=O) groups excluding carboxylic acids is 1. The number of rotatable bonds is 4. The van der Waals surface area contributed by atoms with E-state index < -0.39 is 5.41 Å². The lowest BCUT2D eigenvalue weighted by Crippen LogP contribution is -2.48. The van der Waals surface area contributed by atoms with Gasteiger partial charge in [0.15, 0.2) is 11.5 Å². The zero-order valence-corrected chi connectivity index (χ0v) is 17.5. The summed E-state index contributed by atoms with van der Waals surface area (Å²) in [5.74, 6) is 1.12. The predicted octanol–water partition coefficient (Wildman–Crippen LogP) is 4.52. The van der Waals surface area contributed by atoms with Crippen molar-refractivity contribution in [3.8, 4) is 11.5 Å². The lowest BCUT2D eigenvalue weighted by Gasteiger charge is -2.36. The highest BCUT2D eigenvalue weighted by atomic mass is 35.5. The fraction of sp³-hybridized carbons (Fsp3) is 0.409.